The third-order valence-corrected chi connectivity index (χ3v) is 5.11. The Morgan fingerprint density at radius 3 is 2.48 bits per heavy atom. The van der Waals surface area contributed by atoms with Gasteiger partial charge in [-0.3, -0.25) is 4.79 Å². The van der Waals surface area contributed by atoms with E-state index in [1.165, 1.54) is 0 Å². The van der Waals surface area contributed by atoms with Gasteiger partial charge in [0.15, 0.2) is 5.13 Å². The molecule has 0 saturated carbocycles. The molecule has 7 heteroatoms. The van der Waals surface area contributed by atoms with Gasteiger partial charge < -0.3 is 14.8 Å². The van der Waals surface area contributed by atoms with Gasteiger partial charge in [0.05, 0.1) is 18.7 Å². The van der Waals surface area contributed by atoms with Crippen molar-refractivity contribution >= 4 is 28.3 Å². The lowest BCUT2D eigenvalue weighted by atomic mass is 10.2. The maximum absolute atomic E-state index is 12.3. The van der Waals surface area contributed by atoms with E-state index in [2.05, 4.69) is 10.3 Å². The third-order valence-electron chi connectivity index (χ3n) is 4.06. The van der Waals surface area contributed by atoms with Crippen LogP contribution in [0.3, 0.4) is 0 Å². The molecule has 0 unspecified atom stereocenters. The van der Waals surface area contributed by atoms with E-state index in [4.69, 9.17) is 9.47 Å². The largest absolute Gasteiger partial charge is 0.493 e. The molecule has 0 atom stereocenters. The molecule has 2 aromatic carbocycles. The average Bonchev–Trinajstić information content (AvgIpc) is 3.08. The van der Waals surface area contributed by atoms with Gasteiger partial charge in [-0.2, -0.15) is 0 Å². The molecule has 1 aromatic heterocycles. The molecule has 1 N–H and O–H groups in total. The molecular formula is C22H22N2O4S. The Bertz CT molecular complexity index is 968. The lowest BCUT2D eigenvalue weighted by Crippen LogP contribution is -2.15. The van der Waals surface area contributed by atoms with Crippen LogP contribution in [-0.2, 0) is 16.1 Å². The van der Waals surface area contributed by atoms with Crippen LogP contribution in [-0.4, -0.2) is 23.5 Å². The predicted octanol–water partition coefficient (Wildman–Crippen LogP) is 4.52. The molecule has 0 spiro atoms. The molecule has 0 saturated heterocycles. The predicted molar refractivity (Wildman–Crippen MR) is 112 cm³/mol. The Labute approximate surface area is 173 Å². The highest BCUT2D eigenvalue weighted by molar-refractivity contribution is 7.17. The summed E-state index contributed by atoms with van der Waals surface area (Å²) in [6, 6.07) is 17.1. The topological polar surface area (TPSA) is 77.5 Å². The summed E-state index contributed by atoms with van der Waals surface area (Å²) >= 11 is 1.10. The van der Waals surface area contributed by atoms with Gasteiger partial charge in [0.1, 0.15) is 17.2 Å². The Balaban J connectivity index is 1.48. The van der Waals surface area contributed by atoms with Crippen LogP contribution in [0.5, 0.6) is 5.75 Å². The minimum Gasteiger partial charge on any atom is -0.493 e. The van der Waals surface area contributed by atoms with E-state index in [-0.39, 0.29) is 25.5 Å². The first-order chi connectivity index (χ1) is 14.0. The number of thiazole rings is 1. The van der Waals surface area contributed by atoms with Crippen molar-refractivity contribution < 1.29 is 19.1 Å². The molecule has 0 aliphatic heterocycles. The molecule has 1 heterocycles. The SMILES string of the molecule is Cc1ccc(OCCC(=O)Nc2nc(C)c(C(=O)OCc3ccccc3)s2)cc1. The molecule has 1 amide bonds. The van der Waals surface area contributed by atoms with Crippen molar-refractivity contribution in [1.82, 2.24) is 4.98 Å². The normalized spacial score (nSPS) is 10.4. The van der Waals surface area contributed by atoms with Crippen LogP contribution in [0.1, 0.15) is 32.9 Å². The first kappa shape index (κ1) is 20.5. The summed E-state index contributed by atoms with van der Waals surface area (Å²) in [5, 5.41) is 3.08. The lowest BCUT2D eigenvalue weighted by Gasteiger charge is -2.06. The summed E-state index contributed by atoms with van der Waals surface area (Å²) in [7, 11) is 0. The van der Waals surface area contributed by atoms with Gasteiger partial charge >= 0.3 is 5.97 Å². The number of hydrogen-bond donors (Lipinski definition) is 1. The molecule has 0 radical (unpaired) electrons. The minimum atomic E-state index is -0.452. The van der Waals surface area contributed by atoms with Crippen molar-refractivity contribution in [3.63, 3.8) is 0 Å². The van der Waals surface area contributed by atoms with Crippen molar-refractivity contribution in [2.75, 3.05) is 11.9 Å². The second-order valence-corrected chi connectivity index (χ2v) is 7.45. The van der Waals surface area contributed by atoms with Crippen molar-refractivity contribution in [3.05, 3.63) is 76.3 Å². The second kappa shape index (κ2) is 9.84. The monoisotopic (exact) mass is 410 g/mol. The zero-order valence-electron chi connectivity index (χ0n) is 16.3. The summed E-state index contributed by atoms with van der Waals surface area (Å²) in [5.74, 6) is 0.0408. The third kappa shape index (κ3) is 6.15. The van der Waals surface area contributed by atoms with Crippen LogP contribution in [0.25, 0.3) is 0 Å². The number of benzene rings is 2. The van der Waals surface area contributed by atoms with Gasteiger partial charge in [-0.05, 0) is 31.5 Å². The van der Waals surface area contributed by atoms with Gasteiger partial charge in [0.2, 0.25) is 5.91 Å². The van der Waals surface area contributed by atoms with Crippen molar-refractivity contribution in [1.29, 1.82) is 0 Å². The van der Waals surface area contributed by atoms with Crippen LogP contribution >= 0.6 is 11.3 Å². The van der Waals surface area contributed by atoms with Crippen LogP contribution in [0.2, 0.25) is 0 Å². The highest BCUT2D eigenvalue weighted by Gasteiger charge is 2.18. The summed E-state index contributed by atoms with van der Waals surface area (Å²) in [5.41, 5.74) is 2.58. The Kier molecular flexibility index (Phi) is 6.97. The fraction of sp³-hybridized carbons (Fsp3) is 0.227. The number of ether oxygens (including phenoxy) is 2. The number of aryl methyl sites for hydroxylation is 2. The van der Waals surface area contributed by atoms with E-state index in [9.17, 15) is 9.59 Å². The van der Waals surface area contributed by atoms with Gasteiger partial charge in [-0.25, -0.2) is 9.78 Å². The second-order valence-electron chi connectivity index (χ2n) is 6.45. The molecule has 0 aliphatic rings. The lowest BCUT2D eigenvalue weighted by molar-refractivity contribution is -0.116. The molecule has 0 bridgehead atoms. The van der Waals surface area contributed by atoms with E-state index in [1.54, 1.807) is 6.92 Å². The molecule has 0 aliphatic carbocycles. The number of anilines is 1. The molecule has 0 fully saturated rings. The van der Waals surface area contributed by atoms with Crippen molar-refractivity contribution in [2.45, 2.75) is 26.9 Å². The number of rotatable bonds is 8. The number of nitrogens with zero attached hydrogens (tertiary/aromatic N) is 1. The smallest absolute Gasteiger partial charge is 0.350 e. The van der Waals surface area contributed by atoms with Gasteiger partial charge in [0, 0.05) is 0 Å². The van der Waals surface area contributed by atoms with Crippen LogP contribution in [0, 0.1) is 13.8 Å². The zero-order chi connectivity index (χ0) is 20.6. The quantitative estimate of drug-likeness (QED) is 0.552. The molecule has 3 rings (SSSR count). The van der Waals surface area contributed by atoms with E-state index < -0.39 is 5.97 Å². The molecular weight excluding hydrogens is 388 g/mol. The zero-order valence-corrected chi connectivity index (χ0v) is 17.1. The average molecular weight is 410 g/mol. The minimum absolute atomic E-state index is 0.181. The number of aromatic nitrogens is 1. The van der Waals surface area contributed by atoms with Gasteiger partial charge in [-0.15, -0.1) is 0 Å². The Morgan fingerprint density at radius 1 is 1.03 bits per heavy atom. The highest BCUT2D eigenvalue weighted by atomic mass is 32.1. The standard InChI is InChI=1S/C22H22N2O4S/c1-15-8-10-18(11-9-15)27-13-12-19(25)24-22-23-16(2)20(29-22)21(26)28-14-17-6-4-3-5-7-17/h3-11H,12-14H2,1-2H3,(H,23,24,25). The van der Waals surface area contributed by atoms with Crippen LogP contribution in [0.15, 0.2) is 54.6 Å². The fourth-order valence-corrected chi connectivity index (χ4v) is 3.38. The first-order valence-electron chi connectivity index (χ1n) is 9.19. The van der Waals surface area contributed by atoms with Crippen molar-refractivity contribution in [2.24, 2.45) is 0 Å². The Morgan fingerprint density at radius 2 is 1.76 bits per heavy atom. The van der Waals surface area contributed by atoms with Gasteiger partial charge in [-0.1, -0.05) is 59.4 Å². The van der Waals surface area contributed by atoms with Crippen molar-refractivity contribution in [3.8, 4) is 5.75 Å². The summed E-state index contributed by atoms with van der Waals surface area (Å²) in [6.07, 6.45) is 0.181. The maximum Gasteiger partial charge on any atom is 0.350 e. The van der Waals surface area contributed by atoms with E-state index in [0.29, 0.717) is 15.7 Å². The van der Waals surface area contributed by atoms with Gasteiger partial charge in [0.25, 0.3) is 0 Å². The van der Waals surface area contributed by atoms with E-state index >= 15 is 0 Å². The number of carbonyl (C=O) groups excluding carboxylic acids is 2. The number of hydrogen-bond acceptors (Lipinski definition) is 6. The summed E-state index contributed by atoms with van der Waals surface area (Å²) < 4.78 is 10.9. The first-order valence-corrected chi connectivity index (χ1v) is 10.0. The molecule has 3 aromatic rings. The van der Waals surface area contributed by atoms with Crippen LogP contribution in [0.4, 0.5) is 5.13 Å². The highest BCUT2D eigenvalue weighted by Crippen LogP contribution is 2.24. The fourth-order valence-electron chi connectivity index (χ4n) is 2.51. The number of nitrogens with one attached hydrogen (secondary N) is 1. The maximum atomic E-state index is 12.3. The van der Waals surface area contributed by atoms with Crippen LogP contribution < -0.4 is 10.1 Å². The summed E-state index contributed by atoms with van der Waals surface area (Å²) in [4.78, 5) is 29.1. The van der Waals surface area contributed by atoms with E-state index in [1.807, 2.05) is 61.5 Å². The number of esters is 1. The Hall–Kier alpha value is -3.19. The summed E-state index contributed by atoms with van der Waals surface area (Å²) in [6.45, 7) is 4.16. The molecule has 29 heavy (non-hydrogen) atoms. The molecule has 150 valence electrons. The molecule has 6 nitrogen and oxygen atoms in total. The number of carbonyl (C=O) groups is 2. The van der Waals surface area contributed by atoms with E-state index in [0.717, 1.165) is 28.2 Å². The number of amides is 1.